The number of nitrogens with one attached hydrogen (secondary N) is 1. The molecule has 17 heavy (non-hydrogen) atoms. The lowest BCUT2D eigenvalue weighted by Gasteiger charge is -2.26. The first kappa shape index (κ1) is 14.4. The maximum Gasteiger partial charge on any atom is 0.238 e. The third-order valence-electron chi connectivity index (χ3n) is 2.30. The molecule has 3 N–H and O–H groups in total. The van der Waals surface area contributed by atoms with Gasteiger partial charge in [0, 0.05) is 5.75 Å². The number of carbonyl (C=O) groups is 1. The van der Waals surface area contributed by atoms with Gasteiger partial charge in [0.2, 0.25) is 5.91 Å². The molecule has 0 spiro atoms. The summed E-state index contributed by atoms with van der Waals surface area (Å²) in [6.07, 6.45) is 0.964. The molecule has 7 heteroatoms. The number of amides is 1. The molecule has 1 rings (SSSR count). The number of thioether (sulfide) groups is 1. The maximum atomic E-state index is 11.5. The molecule has 0 aliphatic rings. The van der Waals surface area contributed by atoms with Crippen LogP contribution in [0.2, 0.25) is 0 Å². The molecule has 0 saturated heterocycles. The van der Waals surface area contributed by atoms with Gasteiger partial charge in [-0.25, -0.2) is 0 Å². The van der Waals surface area contributed by atoms with Crippen LogP contribution in [0.25, 0.3) is 0 Å². The molecule has 1 aromatic heterocycles. The summed E-state index contributed by atoms with van der Waals surface area (Å²) in [4.78, 5) is 11.5. The molecule has 5 nitrogen and oxygen atoms in total. The first-order valence-electron chi connectivity index (χ1n) is 5.46. The van der Waals surface area contributed by atoms with Crippen LogP contribution in [0.5, 0.6) is 0 Å². The predicted molar refractivity (Wildman–Crippen MR) is 71.3 cm³/mol. The molecule has 0 aromatic carbocycles. The quantitative estimate of drug-likeness (QED) is 0.730. The van der Waals surface area contributed by atoms with E-state index >= 15 is 0 Å². The molecule has 1 aromatic rings. The normalized spacial score (nSPS) is 14.5. The molecule has 0 aliphatic heterocycles. The lowest BCUT2D eigenvalue weighted by molar-refractivity contribution is -0.122. The lowest BCUT2D eigenvalue weighted by Crippen LogP contribution is -2.55. The predicted octanol–water partition coefficient (Wildman–Crippen LogP) is 1.18. The van der Waals surface area contributed by atoms with Gasteiger partial charge in [-0.2, -0.15) is 0 Å². The van der Waals surface area contributed by atoms with Crippen molar-refractivity contribution in [1.82, 2.24) is 15.5 Å². The van der Waals surface area contributed by atoms with Crippen molar-refractivity contribution in [2.24, 2.45) is 5.73 Å². The van der Waals surface area contributed by atoms with Gasteiger partial charge in [0.1, 0.15) is 10.5 Å². The Balaban J connectivity index is 2.58. The fraction of sp³-hybridized carbons (Fsp3) is 0.700. The summed E-state index contributed by atoms with van der Waals surface area (Å²) in [6.45, 7) is 6.56. The van der Waals surface area contributed by atoms with Crippen molar-refractivity contribution in [3.8, 4) is 0 Å². The number of nitrogens with two attached hydrogens (primary N) is 1. The largest absolute Gasteiger partial charge is 0.368 e. The van der Waals surface area contributed by atoms with E-state index in [4.69, 9.17) is 5.73 Å². The Labute approximate surface area is 110 Å². The molecule has 0 saturated carbocycles. The number of carbonyl (C=O) groups excluding carboxylic acids is 1. The molecule has 96 valence electrons. The topological polar surface area (TPSA) is 80.9 Å². The zero-order chi connectivity index (χ0) is 12.9. The summed E-state index contributed by atoms with van der Waals surface area (Å²) in [5.74, 6) is 0.233. The van der Waals surface area contributed by atoms with E-state index in [1.54, 1.807) is 0 Å². The maximum absolute atomic E-state index is 11.5. The number of aromatic nitrogens is 2. The molecule has 0 radical (unpaired) electrons. The van der Waals surface area contributed by atoms with Crippen molar-refractivity contribution < 1.29 is 4.79 Å². The number of hydrogen-bond acceptors (Lipinski definition) is 6. The van der Waals surface area contributed by atoms with Crippen LogP contribution in [0.1, 0.15) is 25.3 Å². The Morgan fingerprint density at radius 2 is 2.29 bits per heavy atom. The average Bonchev–Trinajstić information content (AvgIpc) is 2.69. The van der Waals surface area contributed by atoms with Crippen molar-refractivity contribution >= 4 is 29.0 Å². The van der Waals surface area contributed by atoms with E-state index in [0.29, 0.717) is 5.75 Å². The monoisotopic (exact) mass is 274 g/mol. The van der Waals surface area contributed by atoms with Gasteiger partial charge in [-0.3, -0.25) is 4.79 Å². The highest BCUT2D eigenvalue weighted by Gasteiger charge is 2.30. The van der Waals surface area contributed by atoms with E-state index in [1.165, 1.54) is 23.1 Å². The molecule has 1 unspecified atom stereocenters. The lowest BCUT2D eigenvalue weighted by atomic mass is 10.1. The molecule has 1 heterocycles. The summed E-state index contributed by atoms with van der Waals surface area (Å²) in [6, 6.07) is 0. The van der Waals surface area contributed by atoms with Gasteiger partial charge in [-0.15, -0.1) is 10.2 Å². The van der Waals surface area contributed by atoms with E-state index < -0.39 is 5.54 Å². The molecule has 0 aliphatic carbocycles. The fourth-order valence-electron chi connectivity index (χ4n) is 1.15. The van der Waals surface area contributed by atoms with E-state index in [-0.39, 0.29) is 5.91 Å². The van der Waals surface area contributed by atoms with Gasteiger partial charge in [-0.05, 0) is 26.8 Å². The van der Waals surface area contributed by atoms with E-state index in [0.717, 1.165) is 22.3 Å². The number of hydrogen-bond donors (Lipinski definition) is 2. The highest BCUT2D eigenvalue weighted by Crippen LogP contribution is 2.25. The van der Waals surface area contributed by atoms with Crippen LogP contribution < -0.4 is 11.1 Å². The second-order valence-corrected chi connectivity index (χ2v) is 6.40. The van der Waals surface area contributed by atoms with Gasteiger partial charge >= 0.3 is 0 Å². The van der Waals surface area contributed by atoms with Gasteiger partial charge in [0.15, 0.2) is 4.34 Å². The molecule has 0 bridgehead atoms. The third kappa shape index (κ3) is 4.25. The summed E-state index contributed by atoms with van der Waals surface area (Å²) in [7, 11) is 0. The summed E-state index contributed by atoms with van der Waals surface area (Å²) >= 11 is 3.03. The van der Waals surface area contributed by atoms with Crippen LogP contribution in [-0.4, -0.2) is 33.9 Å². The van der Waals surface area contributed by atoms with E-state index in [9.17, 15) is 4.79 Å². The molecule has 0 fully saturated rings. The zero-order valence-electron chi connectivity index (χ0n) is 10.3. The molecule has 1 amide bonds. The Morgan fingerprint density at radius 1 is 1.59 bits per heavy atom. The van der Waals surface area contributed by atoms with Crippen LogP contribution in [0, 0.1) is 6.92 Å². The van der Waals surface area contributed by atoms with Crippen molar-refractivity contribution in [1.29, 1.82) is 0 Å². The minimum absolute atomic E-state index is 0.334. The first-order valence-corrected chi connectivity index (χ1v) is 7.26. The van der Waals surface area contributed by atoms with Crippen molar-refractivity contribution in [2.75, 3.05) is 12.3 Å². The highest BCUT2D eigenvalue weighted by molar-refractivity contribution is 8.01. The summed E-state index contributed by atoms with van der Waals surface area (Å²) in [5.41, 5.74) is 4.74. The van der Waals surface area contributed by atoms with Gasteiger partial charge in [0.05, 0.1) is 0 Å². The van der Waals surface area contributed by atoms with Gasteiger partial charge in [0.25, 0.3) is 0 Å². The van der Waals surface area contributed by atoms with Gasteiger partial charge < -0.3 is 11.1 Å². The molecule has 1 atom stereocenters. The second-order valence-electron chi connectivity index (χ2n) is 4.00. The van der Waals surface area contributed by atoms with Crippen molar-refractivity contribution in [2.45, 2.75) is 37.1 Å². The van der Waals surface area contributed by atoms with Crippen LogP contribution >= 0.6 is 23.1 Å². The van der Waals surface area contributed by atoms with Crippen LogP contribution in [0.4, 0.5) is 0 Å². The Hall–Kier alpha value is -0.660. The summed E-state index contributed by atoms with van der Waals surface area (Å²) < 4.78 is 0.869. The number of aryl methyl sites for hydroxylation is 1. The molecular weight excluding hydrogens is 256 g/mol. The fourth-order valence-corrected chi connectivity index (χ4v) is 3.10. The number of nitrogens with zero attached hydrogens (tertiary/aromatic N) is 2. The Bertz CT molecular complexity index is 382. The van der Waals surface area contributed by atoms with Crippen molar-refractivity contribution in [3.05, 3.63) is 5.01 Å². The van der Waals surface area contributed by atoms with Crippen LogP contribution in [0.15, 0.2) is 4.34 Å². The highest BCUT2D eigenvalue weighted by atomic mass is 32.2. The van der Waals surface area contributed by atoms with Crippen LogP contribution in [0.3, 0.4) is 0 Å². The Morgan fingerprint density at radius 3 is 2.76 bits per heavy atom. The van der Waals surface area contributed by atoms with Crippen molar-refractivity contribution in [3.63, 3.8) is 0 Å². The Kier molecular flexibility index (Phi) is 5.35. The number of primary amides is 1. The van der Waals surface area contributed by atoms with Crippen LogP contribution in [-0.2, 0) is 4.79 Å². The minimum atomic E-state index is -0.694. The average molecular weight is 274 g/mol. The number of rotatable bonds is 7. The first-order chi connectivity index (χ1) is 7.98. The summed E-state index contributed by atoms with van der Waals surface area (Å²) in [5, 5.41) is 12.1. The standard InChI is InChI=1S/C10H18N4OS2/c1-4-5-12-10(3,8(11)15)6-16-9-14-13-7(2)17-9/h12H,4-6H2,1-3H3,(H2,11,15). The smallest absolute Gasteiger partial charge is 0.238 e. The zero-order valence-corrected chi connectivity index (χ0v) is 12.0. The van der Waals surface area contributed by atoms with Gasteiger partial charge in [-0.1, -0.05) is 30.0 Å². The van der Waals surface area contributed by atoms with E-state index in [1.807, 2.05) is 13.8 Å². The minimum Gasteiger partial charge on any atom is -0.368 e. The third-order valence-corrected chi connectivity index (χ3v) is 4.59. The van der Waals surface area contributed by atoms with E-state index in [2.05, 4.69) is 22.4 Å². The second kappa shape index (κ2) is 6.32. The SMILES string of the molecule is CCCNC(C)(CSc1nnc(C)s1)C(N)=O. The molecular formula is C10H18N4OS2.